The van der Waals surface area contributed by atoms with Crippen LogP contribution < -0.4 is 5.32 Å². The zero-order valence-corrected chi connectivity index (χ0v) is 13.7. The second-order valence-corrected chi connectivity index (χ2v) is 6.04. The van der Waals surface area contributed by atoms with Gasteiger partial charge in [0.25, 0.3) is 0 Å². The van der Waals surface area contributed by atoms with Gasteiger partial charge >= 0.3 is 0 Å². The predicted molar refractivity (Wildman–Crippen MR) is 89.9 cm³/mol. The number of benzene rings is 1. The molecule has 4 heteroatoms. The number of allylic oxidation sites excluding steroid dienone is 4. The molecule has 1 N–H and O–H groups in total. The summed E-state index contributed by atoms with van der Waals surface area (Å²) in [7, 11) is 0. The predicted octanol–water partition coefficient (Wildman–Crippen LogP) is 3.46. The highest BCUT2D eigenvalue weighted by Crippen LogP contribution is 2.25. The lowest BCUT2D eigenvalue weighted by Crippen LogP contribution is -2.20. The van der Waals surface area contributed by atoms with Crippen molar-refractivity contribution >= 4 is 23.2 Å². The molecule has 23 heavy (non-hydrogen) atoms. The van der Waals surface area contributed by atoms with Crippen LogP contribution in [0, 0.1) is 5.92 Å². The van der Waals surface area contributed by atoms with Crippen molar-refractivity contribution < 1.29 is 14.4 Å². The molecule has 0 saturated carbocycles. The molecule has 120 valence electrons. The average Bonchev–Trinajstić information content (AvgIpc) is 2.51. The Morgan fingerprint density at radius 2 is 1.74 bits per heavy atom. The smallest absolute Gasteiger partial charge is 0.224 e. The maximum atomic E-state index is 12.2. The summed E-state index contributed by atoms with van der Waals surface area (Å²) in [6.45, 7) is 5.25. The highest BCUT2D eigenvalue weighted by Gasteiger charge is 2.24. The zero-order chi connectivity index (χ0) is 17.0. The summed E-state index contributed by atoms with van der Waals surface area (Å²) in [5, 5.41) is 2.83. The third-order valence-electron chi connectivity index (χ3n) is 4.03. The van der Waals surface area contributed by atoms with Gasteiger partial charge in [0.1, 0.15) is 0 Å². The number of ketones is 2. The Balaban J connectivity index is 1.94. The topological polar surface area (TPSA) is 63.2 Å². The highest BCUT2D eigenvalue weighted by atomic mass is 16.2. The SMILES string of the molecule is CC1=C(C)C(=O)C(CC(C)CC(=O)Nc2ccccc2)=CC1=O. The molecule has 1 amide bonds. The molecule has 0 aliphatic heterocycles. The van der Waals surface area contributed by atoms with Crippen LogP contribution in [0.1, 0.15) is 33.6 Å². The summed E-state index contributed by atoms with van der Waals surface area (Å²) in [5.41, 5.74) is 2.27. The van der Waals surface area contributed by atoms with E-state index in [2.05, 4.69) is 5.32 Å². The minimum Gasteiger partial charge on any atom is -0.326 e. The number of anilines is 1. The van der Waals surface area contributed by atoms with Crippen LogP contribution in [0.3, 0.4) is 0 Å². The fourth-order valence-corrected chi connectivity index (χ4v) is 2.58. The Bertz CT molecular complexity index is 699. The van der Waals surface area contributed by atoms with Crippen molar-refractivity contribution in [1.29, 1.82) is 0 Å². The van der Waals surface area contributed by atoms with Gasteiger partial charge < -0.3 is 5.32 Å². The first-order chi connectivity index (χ1) is 10.9. The number of Topliss-reactive ketones (excluding diaryl/α,β-unsaturated/α-hetero) is 1. The van der Waals surface area contributed by atoms with Gasteiger partial charge in [0.05, 0.1) is 0 Å². The van der Waals surface area contributed by atoms with Crippen molar-refractivity contribution in [2.24, 2.45) is 5.92 Å². The monoisotopic (exact) mass is 311 g/mol. The summed E-state index contributed by atoms with van der Waals surface area (Å²) < 4.78 is 0. The first-order valence-corrected chi connectivity index (χ1v) is 7.70. The molecule has 4 nitrogen and oxygen atoms in total. The summed E-state index contributed by atoms with van der Waals surface area (Å²) >= 11 is 0. The Kier molecular flexibility index (Phi) is 5.27. The summed E-state index contributed by atoms with van der Waals surface area (Å²) in [6, 6.07) is 9.24. The number of hydrogen-bond donors (Lipinski definition) is 1. The van der Waals surface area contributed by atoms with E-state index in [1.165, 1.54) is 6.08 Å². The van der Waals surface area contributed by atoms with Crippen molar-refractivity contribution in [3.63, 3.8) is 0 Å². The molecule has 0 bridgehead atoms. The van der Waals surface area contributed by atoms with Crippen LogP contribution in [0.2, 0.25) is 0 Å². The molecule has 1 aliphatic rings. The van der Waals surface area contributed by atoms with E-state index in [9.17, 15) is 14.4 Å². The molecule has 1 aromatic rings. The number of para-hydroxylation sites is 1. The Morgan fingerprint density at radius 1 is 1.09 bits per heavy atom. The van der Waals surface area contributed by atoms with Crippen LogP contribution in [-0.4, -0.2) is 17.5 Å². The second-order valence-electron chi connectivity index (χ2n) is 6.04. The van der Waals surface area contributed by atoms with Crippen molar-refractivity contribution in [3.8, 4) is 0 Å². The molecular weight excluding hydrogens is 290 g/mol. The van der Waals surface area contributed by atoms with Gasteiger partial charge in [-0.25, -0.2) is 0 Å². The van der Waals surface area contributed by atoms with Crippen molar-refractivity contribution in [2.45, 2.75) is 33.6 Å². The van der Waals surface area contributed by atoms with E-state index in [-0.39, 0.29) is 23.4 Å². The molecule has 0 aromatic heterocycles. The van der Waals surface area contributed by atoms with Crippen LogP contribution in [-0.2, 0) is 14.4 Å². The van der Waals surface area contributed by atoms with Crippen molar-refractivity contribution in [3.05, 3.63) is 53.1 Å². The van der Waals surface area contributed by atoms with Crippen LogP contribution >= 0.6 is 0 Å². The molecule has 0 saturated heterocycles. The number of carbonyl (C=O) groups excluding carboxylic acids is 3. The van der Waals surface area contributed by atoms with E-state index in [1.54, 1.807) is 13.8 Å². The van der Waals surface area contributed by atoms with Gasteiger partial charge in [0, 0.05) is 28.8 Å². The van der Waals surface area contributed by atoms with E-state index in [1.807, 2.05) is 37.3 Å². The van der Waals surface area contributed by atoms with E-state index in [4.69, 9.17) is 0 Å². The fourth-order valence-electron chi connectivity index (χ4n) is 2.58. The summed E-state index contributed by atoms with van der Waals surface area (Å²) in [4.78, 5) is 36.1. The lowest BCUT2D eigenvalue weighted by molar-refractivity contribution is -0.117. The standard InChI is InChI=1S/C19H21NO3/c1-12(10-18(22)20-16-7-5-4-6-8-16)9-15-11-17(21)13(2)14(3)19(15)23/h4-8,11-12H,9-10H2,1-3H3,(H,20,22). The zero-order valence-electron chi connectivity index (χ0n) is 13.7. The minimum absolute atomic E-state index is 0.0204. The molecule has 1 unspecified atom stereocenters. The summed E-state index contributed by atoms with van der Waals surface area (Å²) in [6.07, 6.45) is 2.14. The molecule has 1 aliphatic carbocycles. The molecule has 0 fully saturated rings. The highest BCUT2D eigenvalue weighted by molar-refractivity contribution is 6.22. The van der Waals surface area contributed by atoms with Crippen LogP contribution in [0.15, 0.2) is 53.1 Å². The normalized spacial score (nSPS) is 16.2. The second kappa shape index (κ2) is 7.18. The number of hydrogen-bond acceptors (Lipinski definition) is 3. The van der Waals surface area contributed by atoms with Gasteiger partial charge in [-0.2, -0.15) is 0 Å². The molecule has 0 spiro atoms. The summed E-state index contributed by atoms with van der Waals surface area (Å²) in [5.74, 6) is -0.314. The quantitative estimate of drug-likeness (QED) is 0.847. The van der Waals surface area contributed by atoms with Gasteiger partial charge in [-0.15, -0.1) is 0 Å². The third-order valence-corrected chi connectivity index (χ3v) is 4.03. The maximum absolute atomic E-state index is 12.2. The largest absolute Gasteiger partial charge is 0.326 e. The minimum atomic E-state index is -0.113. The van der Waals surface area contributed by atoms with Crippen LogP contribution in [0.5, 0.6) is 0 Å². The maximum Gasteiger partial charge on any atom is 0.224 e. The molecule has 1 aromatic carbocycles. The van der Waals surface area contributed by atoms with Gasteiger partial charge in [-0.3, -0.25) is 14.4 Å². The van der Waals surface area contributed by atoms with Crippen molar-refractivity contribution in [1.82, 2.24) is 0 Å². The molecule has 2 rings (SSSR count). The van der Waals surface area contributed by atoms with E-state index in [0.717, 1.165) is 5.69 Å². The number of amides is 1. The van der Waals surface area contributed by atoms with Gasteiger partial charge in [-0.05, 0) is 44.4 Å². The van der Waals surface area contributed by atoms with Gasteiger partial charge in [0.2, 0.25) is 5.91 Å². The average molecular weight is 311 g/mol. The lowest BCUT2D eigenvalue weighted by Gasteiger charge is -2.17. The van der Waals surface area contributed by atoms with Gasteiger partial charge in [0.15, 0.2) is 11.6 Å². The Labute approximate surface area is 136 Å². The van der Waals surface area contributed by atoms with Crippen molar-refractivity contribution in [2.75, 3.05) is 5.32 Å². The van der Waals surface area contributed by atoms with Crippen LogP contribution in [0.25, 0.3) is 0 Å². The molecule has 1 atom stereocenters. The lowest BCUT2D eigenvalue weighted by atomic mass is 9.86. The third kappa shape index (κ3) is 4.25. The van der Waals surface area contributed by atoms with Gasteiger partial charge in [-0.1, -0.05) is 25.1 Å². The molecule has 0 radical (unpaired) electrons. The number of carbonyl (C=O) groups is 3. The fraction of sp³-hybridized carbons (Fsp3) is 0.316. The Morgan fingerprint density at radius 3 is 2.39 bits per heavy atom. The van der Waals surface area contributed by atoms with E-state index >= 15 is 0 Å². The first kappa shape index (κ1) is 16.9. The molecule has 0 heterocycles. The van der Waals surface area contributed by atoms with E-state index < -0.39 is 0 Å². The first-order valence-electron chi connectivity index (χ1n) is 7.70. The van der Waals surface area contributed by atoms with Crippen LogP contribution in [0.4, 0.5) is 5.69 Å². The molecular formula is C19H21NO3. The number of nitrogens with one attached hydrogen (secondary N) is 1. The number of rotatable bonds is 5. The van der Waals surface area contributed by atoms with E-state index in [0.29, 0.717) is 29.6 Å². The Hall–Kier alpha value is -2.49.